The molecular weight excluding hydrogens is 232 g/mol. The maximum absolute atomic E-state index is 5.96. The van der Waals surface area contributed by atoms with Crippen LogP contribution in [-0.4, -0.2) is 31.8 Å². The van der Waals surface area contributed by atoms with Gasteiger partial charge in [-0.05, 0) is 25.0 Å². The average molecular weight is 252 g/mol. The van der Waals surface area contributed by atoms with Crippen LogP contribution in [0.3, 0.4) is 0 Å². The van der Waals surface area contributed by atoms with Gasteiger partial charge in [-0.15, -0.1) is 10.2 Å². The molecule has 2 aliphatic heterocycles. The normalized spacial score (nSPS) is 29.0. The van der Waals surface area contributed by atoms with E-state index in [0.717, 1.165) is 36.9 Å². The first-order valence-corrected chi connectivity index (χ1v) is 7.66. The molecule has 2 aliphatic rings. The summed E-state index contributed by atoms with van der Waals surface area (Å²) in [6.45, 7) is 1.01. The minimum absolute atomic E-state index is 0.281. The highest BCUT2D eigenvalue weighted by Gasteiger charge is 2.23. The smallest absolute Gasteiger partial charge is 0.134 e. The summed E-state index contributed by atoms with van der Waals surface area (Å²) >= 11 is 2.11. The van der Waals surface area contributed by atoms with Gasteiger partial charge in [-0.1, -0.05) is 6.42 Å². The van der Waals surface area contributed by atoms with E-state index in [0.29, 0.717) is 0 Å². The number of rotatable bonds is 2. The van der Waals surface area contributed by atoms with Crippen LogP contribution >= 0.6 is 11.8 Å². The Hall–Kier alpha value is -0.550. The second-order valence-corrected chi connectivity index (χ2v) is 6.54. The zero-order valence-electron chi connectivity index (χ0n) is 10.1. The molecule has 1 aromatic rings. The molecule has 2 unspecified atom stereocenters. The Morgan fingerprint density at radius 3 is 3.06 bits per heavy atom. The number of nitrogens with two attached hydrogens (primary N) is 1. The Bertz CT molecular complexity index is 384. The average Bonchev–Trinajstić information content (AvgIpc) is 2.73. The second-order valence-electron chi connectivity index (χ2n) is 5.13. The van der Waals surface area contributed by atoms with Gasteiger partial charge in [0.1, 0.15) is 11.6 Å². The van der Waals surface area contributed by atoms with Crippen LogP contribution in [0.4, 0.5) is 0 Å². The summed E-state index contributed by atoms with van der Waals surface area (Å²) in [6.07, 6.45) is 7.15. The van der Waals surface area contributed by atoms with Crippen molar-refractivity contribution >= 4 is 11.8 Å². The first-order chi connectivity index (χ1) is 8.33. The van der Waals surface area contributed by atoms with Crippen LogP contribution in [0.15, 0.2) is 0 Å². The lowest BCUT2D eigenvalue weighted by Gasteiger charge is -2.23. The zero-order chi connectivity index (χ0) is 11.7. The van der Waals surface area contributed by atoms with E-state index in [1.54, 1.807) is 0 Å². The number of aromatic nitrogens is 3. The van der Waals surface area contributed by atoms with Gasteiger partial charge in [0.15, 0.2) is 0 Å². The Morgan fingerprint density at radius 2 is 2.24 bits per heavy atom. The maximum Gasteiger partial charge on any atom is 0.134 e. The largest absolute Gasteiger partial charge is 0.327 e. The third-order valence-corrected chi connectivity index (χ3v) is 5.15. The Kier molecular flexibility index (Phi) is 3.38. The zero-order valence-corrected chi connectivity index (χ0v) is 11.0. The fourth-order valence-corrected chi connectivity index (χ4v) is 4.04. The van der Waals surface area contributed by atoms with Crippen LogP contribution < -0.4 is 5.73 Å². The predicted molar refractivity (Wildman–Crippen MR) is 70.1 cm³/mol. The number of fused-ring (bicyclic) bond motifs is 1. The summed E-state index contributed by atoms with van der Waals surface area (Å²) in [5.74, 6) is 3.60. The van der Waals surface area contributed by atoms with Gasteiger partial charge >= 0.3 is 0 Å². The van der Waals surface area contributed by atoms with Crippen molar-refractivity contribution in [2.45, 2.75) is 56.4 Å². The SMILES string of the molecule is NC1CCn2c(nnc2CC2CCCCS2)C1. The molecule has 4 nitrogen and oxygen atoms in total. The van der Waals surface area contributed by atoms with Crippen LogP contribution in [0.1, 0.15) is 37.3 Å². The van der Waals surface area contributed by atoms with Crippen LogP contribution in [0.25, 0.3) is 0 Å². The van der Waals surface area contributed by atoms with Gasteiger partial charge in [0.25, 0.3) is 0 Å². The number of hydrogen-bond acceptors (Lipinski definition) is 4. The molecule has 1 fully saturated rings. The first-order valence-electron chi connectivity index (χ1n) is 6.61. The van der Waals surface area contributed by atoms with Gasteiger partial charge in [0, 0.05) is 30.7 Å². The van der Waals surface area contributed by atoms with Crippen LogP contribution in [0, 0.1) is 0 Å². The van der Waals surface area contributed by atoms with E-state index in [1.165, 1.54) is 30.8 Å². The molecule has 17 heavy (non-hydrogen) atoms. The maximum atomic E-state index is 5.96. The molecule has 0 aliphatic carbocycles. The number of hydrogen-bond donors (Lipinski definition) is 1. The lowest BCUT2D eigenvalue weighted by atomic mass is 10.1. The van der Waals surface area contributed by atoms with Crippen LogP contribution in [0.5, 0.6) is 0 Å². The van der Waals surface area contributed by atoms with Gasteiger partial charge in [-0.2, -0.15) is 11.8 Å². The Balaban J connectivity index is 1.71. The molecule has 94 valence electrons. The molecule has 0 amide bonds. The highest BCUT2D eigenvalue weighted by atomic mass is 32.2. The Morgan fingerprint density at radius 1 is 1.29 bits per heavy atom. The molecular formula is C12H20N4S. The fraction of sp³-hybridized carbons (Fsp3) is 0.833. The molecule has 3 rings (SSSR count). The molecule has 1 aromatic heterocycles. The van der Waals surface area contributed by atoms with E-state index in [1.807, 2.05) is 0 Å². The van der Waals surface area contributed by atoms with Crippen LogP contribution in [0.2, 0.25) is 0 Å². The molecule has 2 N–H and O–H groups in total. The molecule has 0 spiro atoms. The van der Waals surface area contributed by atoms with Gasteiger partial charge in [-0.25, -0.2) is 0 Å². The molecule has 3 heterocycles. The lowest BCUT2D eigenvalue weighted by Crippen LogP contribution is -2.31. The lowest BCUT2D eigenvalue weighted by molar-refractivity contribution is 0.451. The minimum atomic E-state index is 0.281. The predicted octanol–water partition coefficient (Wildman–Crippen LogP) is 1.38. The van der Waals surface area contributed by atoms with Crippen molar-refractivity contribution in [2.75, 3.05) is 5.75 Å². The molecule has 5 heteroatoms. The van der Waals surface area contributed by atoms with Gasteiger partial charge in [0.2, 0.25) is 0 Å². The van der Waals surface area contributed by atoms with Gasteiger partial charge in [0.05, 0.1) is 0 Å². The van der Waals surface area contributed by atoms with Crippen molar-refractivity contribution < 1.29 is 0 Å². The van der Waals surface area contributed by atoms with E-state index in [2.05, 4.69) is 26.5 Å². The summed E-state index contributed by atoms with van der Waals surface area (Å²) in [7, 11) is 0. The summed E-state index contributed by atoms with van der Waals surface area (Å²) in [4.78, 5) is 0. The Labute approximate surface area is 106 Å². The molecule has 0 aromatic carbocycles. The van der Waals surface area contributed by atoms with Crippen molar-refractivity contribution in [3.63, 3.8) is 0 Å². The summed E-state index contributed by atoms with van der Waals surface area (Å²) in [5, 5.41) is 9.42. The van der Waals surface area contributed by atoms with Gasteiger partial charge in [-0.3, -0.25) is 0 Å². The quantitative estimate of drug-likeness (QED) is 0.864. The topological polar surface area (TPSA) is 56.7 Å². The number of nitrogens with zero attached hydrogens (tertiary/aromatic N) is 3. The summed E-state index contributed by atoms with van der Waals surface area (Å²) < 4.78 is 2.30. The first kappa shape index (κ1) is 11.5. The van der Waals surface area contributed by atoms with Crippen molar-refractivity contribution in [1.29, 1.82) is 0 Å². The highest BCUT2D eigenvalue weighted by molar-refractivity contribution is 7.99. The van der Waals surface area contributed by atoms with E-state index >= 15 is 0 Å². The molecule has 0 saturated carbocycles. The van der Waals surface area contributed by atoms with Crippen molar-refractivity contribution in [2.24, 2.45) is 5.73 Å². The van der Waals surface area contributed by atoms with Crippen molar-refractivity contribution in [1.82, 2.24) is 14.8 Å². The third kappa shape index (κ3) is 2.50. The van der Waals surface area contributed by atoms with Gasteiger partial charge < -0.3 is 10.3 Å². The monoisotopic (exact) mass is 252 g/mol. The minimum Gasteiger partial charge on any atom is -0.327 e. The van der Waals surface area contributed by atoms with Crippen LogP contribution in [-0.2, 0) is 19.4 Å². The standard InChI is InChI=1S/C12H20N4S/c13-9-4-5-16-11(7-9)14-15-12(16)8-10-3-1-2-6-17-10/h9-10H,1-8,13H2. The second kappa shape index (κ2) is 4.98. The highest BCUT2D eigenvalue weighted by Crippen LogP contribution is 2.28. The molecule has 1 saturated heterocycles. The molecule has 2 atom stereocenters. The summed E-state index contributed by atoms with van der Waals surface area (Å²) in [5.41, 5.74) is 5.96. The summed E-state index contributed by atoms with van der Waals surface area (Å²) in [6, 6.07) is 0.281. The van der Waals surface area contributed by atoms with E-state index < -0.39 is 0 Å². The number of thioether (sulfide) groups is 1. The van der Waals surface area contributed by atoms with Crippen molar-refractivity contribution in [3.05, 3.63) is 11.6 Å². The van der Waals surface area contributed by atoms with E-state index in [4.69, 9.17) is 5.73 Å². The van der Waals surface area contributed by atoms with Crippen molar-refractivity contribution in [3.8, 4) is 0 Å². The molecule has 0 bridgehead atoms. The molecule has 0 radical (unpaired) electrons. The fourth-order valence-electron chi connectivity index (χ4n) is 2.74. The van der Waals surface area contributed by atoms with E-state index in [-0.39, 0.29) is 6.04 Å². The van der Waals surface area contributed by atoms with E-state index in [9.17, 15) is 0 Å². The third-order valence-electron chi connectivity index (χ3n) is 3.76.